The molecule has 2 unspecified atom stereocenters. The van der Waals surface area contributed by atoms with Crippen molar-refractivity contribution in [2.75, 3.05) is 13.2 Å². The van der Waals surface area contributed by atoms with E-state index in [1.54, 1.807) is 0 Å². The molecule has 4 rings (SSSR count). The lowest BCUT2D eigenvalue weighted by Crippen LogP contribution is -2.48. The van der Waals surface area contributed by atoms with Crippen LogP contribution < -0.4 is 10.6 Å². The van der Waals surface area contributed by atoms with Gasteiger partial charge < -0.3 is 20.5 Å². The summed E-state index contributed by atoms with van der Waals surface area (Å²) in [6, 6.07) is 15.5. The highest BCUT2D eigenvalue weighted by atomic mass is 16.5. The van der Waals surface area contributed by atoms with Crippen molar-refractivity contribution in [1.29, 1.82) is 0 Å². The van der Waals surface area contributed by atoms with E-state index in [1.165, 1.54) is 11.1 Å². The minimum absolute atomic E-state index is 0.00772. The smallest absolute Gasteiger partial charge is 0.407 e. The molecule has 1 fully saturated rings. The number of nitrogens with one attached hydrogen (secondary N) is 2. The lowest BCUT2D eigenvalue weighted by atomic mass is 9.93. The Kier molecular flexibility index (Phi) is 7.73. The number of amides is 2. The van der Waals surface area contributed by atoms with Crippen molar-refractivity contribution >= 4 is 18.0 Å². The maximum atomic E-state index is 12.9. The predicted molar refractivity (Wildman–Crippen MR) is 133 cm³/mol. The van der Waals surface area contributed by atoms with Crippen molar-refractivity contribution < 1.29 is 24.2 Å². The summed E-state index contributed by atoms with van der Waals surface area (Å²) in [7, 11) is 0. The first-order valence-corrected chi connectivity index (χ1v) is 12.5. The van der Waals surface area contributed by atoms with E-state index in [1.807, 2.05) is 38.1 Å². The summed E-state index contributed by atoms with van der Waals surface area (Å²) < 4.78 is 5.61. The number of hydrogen-bond donors (Lipinski definition) is 3. The third-order valence-electron chi connectivity index (χ3n) is 7.62. The van der Waals surface area contributed by atoms with Crippen LogP contribution in [0.2, 0.25) is 0 Å². The minimum atomic E-state index is -1.01. The molecule has 0 bridgehead atoms. The summed E-state index contributed by atoms with van der Waals surface area (Å²) in [5.41, 5.74) is 4.66. The van der Waals surface area contributed by atoms with Crippen LogP contribution in [-0.2, 0) is 14.3 Å². The lowest BCUT2D eigenvalue weighted by molar-refractivity contribution is -0.144. The zero-order valence-electron chi connectivity index (χ0n) is 20.3. The Balaban J connectivity index is 1.31. The molecule has 2 amide bonds. The highest BCUT2D eigenvalue weighted by Gasteiger charge is 2.36. The van der Waals surface area contributed by atoms with E-state index in [9.17, 15) is 19.5 Å². The lowest BCUT2D eigenvalue weighted by Gasteiger charge is -2.25. The Morgan fingerprint density at radius 1 is 1.03 bits per heavy atom. The zero-order valence-corrected chi connectivity index (χ0v) is 20.3. The molecular formula is C28H34N2O5. The van der Waals surface area contributed by atoms with Crippen molar-refractivity contribution in [3.05, 3.63) is 59.7 Å². The molecule has 3 N–H and O–H groups in total. The highest BCUT2D eigenvalue weighted by molar-refractivity contribution is 5.85. The molecule has 4 atom stereocenters. The maximum absolute atomic E-state index is 12.9. The number of aliphatic carboxylic acids is 1. The van der Waals surface area contributed by atoms with Crippen molar-refractivity contribution in [1.82, 2.24) is 10.6 Å². The SMILES string of the molecule is CC[C@H](C)[C@H](NC(=O)C1CCCC1CNC(=O)OCC1c2ccccc2-c2ccccc21)C(=O)O. The molecule has 0 spiro atoms. The molecule has 1 saturated carbocycles. The van der Waals surface area contributed by atoms with Gasteiger partial charge in [-0.25, -0.2) is 9.59 Å². The molecule has 2 aliphatic rings. The van der Waals surface area contributed by atoms with Gasteiger partial charge in [0.05, 0.1) is 0 Å². The Morgan fingerprint density at radius 3 is 2.26 bits per heavy atom. The van der Waals surface area contributed by atoms with E-state index in [0.717, 1.165) is 24.0 Å². The van der Waals surface area contributed by atoms with Gasteiger partial charge in [-0.3, -0.25) is 4.79 Å². The van der Waals surface area contributed by atoms with E-state index in [-0.39, 0.29) is 36.2 Å². The molecule has 0 radical (unpaired) electrons. The second-order valence-corrected chi connectivity index (χ2v) is 9.71. The van der Waals surface area contributed by atoms with Crippen LogP contribution in [0.15, 0.2) is 48.5 Å². The first-order chi connectivity index (χ1) is 16.9. The summed E-state index contributed by atoms with van der Waals surface area (Å²) in [4.78, 5) is 37.0. The number of carboxylic acids is 1. The van der Waals surface area contributed by atoms with Crippen molar-refractivity contribution in [2.24, 2.45) is 17.8 Å². The highest BCUT2D eigenvalue weighted by Crippen LogP contribution is 2.44. The van der Waals surface area contributed by atoms with Crippen LogP contribution >= 0.6 is 0 Å². The van der Waals surface area contributed by atoms with Crippen LogP contribution in [0.3, 0.4) is 0 Å². The summed E-state index contributed by atoms with van der Waals surface area (Å²) >= 11 is 0. The van der Waals surface area contributed by atoms with Gasteiger partial charge in [-0.1, -0.05) is 75.2 Å². The molecule has 186 valence electrons. The van der Waals surface area contributed by atoms with E-state index < -0.39 is 18.1 Å². The topological polar surface area (TPSA) is 105 Å². The van der Waals surface area contributed by atoms with Crippen LogP contribution in [0.25, 0.3) is 11.1 Å². The van der Waals surface area contributed by atoms with Crippen molar-refractivity contribution in [3.8, 4) is 11.1 Å². The second-order valence-electron chi connectivity index (χ2n) is 9.71. The van der Waals surface area contributed by atoms with Crippen LogP contribution in [0.5, 0.6) is 0 Å². The third-order valence-corrected chi connectivity index (χ3v) is 7.62. The normalized spacial score (nSPS) is 20.4. The van der Waals surface area contributed by atoms with Gasteiger partial charge >= 0.3 is 12.1 Å². The van der Waals surface area contributed by atoms with E-state index in [4.69, 9.17) is 4.74 Å². The molecule has 2 aromatic rings. The van der Waals surface area contributed by atoms with Gasteiger partial charge in [-0.2, -0.15) is 0 Å². The van der Waals surface area contributed by atoms with Gasteiger partial charge in [-0.15, -0.1) is 0 Å². The first-order valence-electron chi connectivity index (χ1n) is 12.5. The van der Waals surface area contributed by atoms with Crippen LogP contribution in [0.1, 0.15) is 56.6 Å². The summed E-state index contributed by atoms with van der Waals surface area (Å²) in [5, 5.41) is 15.1. The molecule has 7 heteroatoms. The molecule has 0 heterocycles. The molecule has 0 aliphatic heterocycles. The van der Waals surface area contributed by atoms with Gasteiger partial charge in [0.15, 0.2) is 0 Å². The zero-order chi connectivity index (χ0) is 24.9. The number of carbonyl (C=O) groups is 3. The number of ether oxygens (including phenoxy) is 1. The fourth-order valence-electron chi connectivity index (χ4n) is 5.43. The average Bonchev–Trinajstić information content (AvgIpc) is 3.47. The van der Waals surface area contributed by atoms with Gasteiger partial charge in [-0.05, 0) is 46.9 Å². The summed E-state index contributed by atoms with van der Waals surface area (Å²) in [6.45, 7) is 4.30. The number of benzene rings is 2. The molecule has 2 aromatic carbocycles. The van der Waals surface area contributed by atoms with Gasteiger partial charge in [0, 0.05) is 18.4 Å². The third kappa shape index (κ3) is 5.34. The monoisotopic (exact) mass is 478 g/mol. The van der Waals surface area contributed by atoms with Crippen molar-refractivity contribution in [3.63, 3.8) is 0 Å². The van der Waals surface area contributed by atoms with Gasteiger partial charge in [0.25, 0.3) is 0 Å². The Hall–Kier alpha value is -3.35. The number of carbonyl (C=O) groups excluding carboxylic acids is 2. The Bertz CT molecular complexity index is 1040. The number of fused-ring (bicyclic) bond motifs is 3. The number of hydrogen-bond acceptors (Lipinski definition) is 4. The van der Waals surface area contributed by atoms with Crippen LogP contribution in [0.4, 0.5) is 4.79 Å². The van der Waals surface area contributed by atoms with Gasteiger partial charge in [0.1, 0.15) is 12.6 Å². The Labute approximate surface area is 206 Å². The largest absolute Gasteiger partial charge is 0.480 e. The van der Waals surface area contributed by atoms with E-state index in [2.05, 4.69) is 34.9 Å². The number of alkyl carbamates (subject to hydrolysis) is 1. The maximum Gasteiger partial charge on any atom is 0.407 e. The fraction of sp³-hybridized carbons (Fsp3) is 0.464. The second kappa shape index (κ2) is 10.9. The molecular weight excluding hydrogens is 444 g/mol. The van der Waals surface area contributed by atoms with Gasteiger partial charge in [0.2, 0.25) is 5.91 Å². The standard InChI is InChI=1S/C28H34N2O5/c1-3-17(2)25(27(32)33)30-26(31)19-14-8-9-18(19)15-29-28(34)35-16-24-22-12-6-4-10-20(22)21-11-5-7-13-23(21)24/h4-7,10-13,17-19,24-25H,3,8-9,14-16H2,1-2H3,(H,29,34)(H,30,31)(H,32,33)/t17-,18?,19?,25-/m0/s1. The molecule has 2 aliphatic carbocycles. The predicted octanol–water partition coefficient (Wildman–Crippen LogP) is 4.56. The van der Waals surface area contributed by atoms with Crippen LogP contribution in [0, 0.1) is 17.8 Å². The molecule has 7 nitrogen and oxygen atoms in total. The average molecular weight is 479 g/mol. The summed E-state index contributed by atoms with van der Waals surface area (Å²) in [6.07, 6.45) is 2.53. The fourth-order valence-corrected chi connectivity index (χ4v) is 5.43. The van der Waals surface area contributed by atoms with Crippen LogP contribution in [-0.4, -0.2) is 42.3 Å². The number of rotatable bonds is 9. The number of carboxylic acid groups (broad SMARTS) is 1. The summed E-state index contributed by atoms with van der Waals surface area (Å²) in [5.74, 6) is -1.77. The quantitative estimate of drug-likeness (QED) is 0.490. The first kappa shape index (κ1) is 24.8. The molecule has 0 saturated heterocycles. The van der Waals surface area contributed by atoms with E-state index >= 15 is 0 Å². The van der Waals surface area contributed by atoms with Crippen molar-refractivity contribution in [2.45, 2.75) is 51.5 Å². The van der Waals surface area contributed by atoms with E-state index in [0.29, 0.717) is 19.4 Å². The molecule has 35 heavy (non-hydrogen) atoms. The minimum Gasteiger partial charge on any atom is -0.480 e. The molecule has 0 aromatic heterocycles. The Morgan fingerprint density at radius 2 is 1.66 bits per heavy atom.